The van der Waals surface area contributed by atoms with Crippen LogP contribution >= 0.6 is 22.9 Å². The average Bonchev–Trinajstić information content (AvgIpc) is 3.11. The van der Waals surface area contributed by atoms with Crippen LogP contribution in [0.4, 0.5) is 0 Å². The fourth-order valence-corrected chi connectivity index (χ4v) is 10.1. The van der Waals surface area contributed by atoms with E-state index in [4.69, 9.17) is 17.3 Å². The number of primary amides is 1. The molecule has 1 aromatic rings. The van der Waals surface area contributed by atoms with Crippen molar-refractivity contribution < 1.29 is 21.6 Å². The summed E-state index contributed by atoms with van der Waals surface area (Å²) in [5.74, 6) is -1.17. The summed E-state index contributed by atoms with van der Waals surface area (Å²) < 4.78 is 50.7. The number of amides is 1. The van der Waals surface area contributed by atoms with Crippen molar-refractivity contribution in [1.29, 1.82) is 0 Å². The van der Waals surface area contributed by atoms with Gasteiger partial charge in [0.25, 0.3) is 0 Å². The van der Waals surface area contributed by atoms with Gasteiger partial charge in [-0.05, 0) is 38.1 Å². The van der Waals surface area contributed by atoms with Crippen molar-refractivity contribution in [2.75, 3.05) is 24.6 Å². The molecular weight excluding hydrogens is 408 g/mol. The molecule has 0 aromatic carbocycles. The van der Waals surface area contributed by atoms with Crippen molar-refractivity contribution in [2.24, 2.45) is 11.7 Å². The van der Waals surface area contributed by atoms with E-state index in [0.29, 0.717) is 30.3 Å². The predicted octanol–water partition coefficient (Wildman–Crippen LogP) is 0.538. The second-order valence-corrected chi connectivity index (χ2v) is 12.8. The Morgan fingerprint density at radius 2 is 1.88 bits per heavy atom. The Bertz CT molecular complexity index is 872. The van der Waals surface area contributed by atoms with Gasteiger partial charge in [0.2, 0.25) is 5.91 Å². The number of sulfone groups is 2. The van der Waals surface area contributed by atoms with Gasteiger partial charge in [0.15, 0.2) is 19.7 Å². The second-order valence-electron chi connectivity index (χ2n) is 6.50. The molecule has 3 rings (SSSR count). The third-order valence-electron chi connectivity index (χ3n) is 4.90. The van der Waals surface area contributed by atoms with Crippen LogP contribution in [0.3, 0.4) is 0 Å². The number of carbonyl (C=O) groups excluding carboxylic acids is 1. The fraction of sp³-hybridized carbons (Fsp3) is 0.643. The van der Waals surface area contributed by atoms with E-state index in [1.165, 1.54) is 12.1 Å². The van der Waals surface area contributed by atoms with Gasteiger partial charge in [-0.15, -0.1) is 11.3 Å². The number of hydrogen-bond acceptors (Lipinski definition) is 7. The topological polar surface area (TPSA) is 115 Å². The monoisotopic (exact) mass is 426 g/mol. The van der Waals surface area contributed by atoms with E-state index < -0.39 is 31.0 Å². The quantitative estimate of drug-likeness (QED) is 0.751. The third-order valence-corrected chi connectivity index (χ3v) is 10.8. The number of carbonyl (C=O) groups is 1. The minimum absolute atomic E-state index is 0.0941. The van der Waals surface area contributed by atoms with E-state index in [1.807, 2.05) is 4.90 Å². The van der Waals surface area contributed by atoms with E-state index >= 15 is 0 Å². The molecule has 0 aliphatic carbocycles. The van der Waals surface area contributed by atoms with Crippen molar-refractivity contribution in [2.45, 2.75) is 28.3 Å². The maximum Gasteiger partial charge on any atom is 0.220 e. The Hall–Kier alpha value is -0.680. The molecule has 0 saturated carbocycles. The molecule has 1 aromatic heterocycles. The van der Waals surface area contributed by atoms with Crippen molar-refractivity contribution >= 4 is 48.5 Å². The first-order chi connectivity index (χ1) is 11.6. The van der Waals surface area contributed by atoms with Crippen LogP contribution in [0.25, 0.3) is 0 Å². The summed E-state index contributed by atoms with van der Waals surface area (Å²) in [6, 6.07) is 2.31. The van der Waals surface area contributed by atoms with Crippen molar-refractivity contribution in [3.63, 3.8) is 0 Å². The molecule has 0 unspecified atom stereocenters. The van der Waals surface area contributed by atoms with Gasteiger partial charge in [0.05, 0.1) is 21.1 Å². The van der Waals surface area contributed by atoms with E-state index in [9.17, 15) is 21.6 Å². The minimum atomic E-state index is -3.80. The van der Waals surface area contributed by atoms with Gasteiger partial charge in [-0.2, -0.15) is 0 Å². The van der Waals surface area contributed by atoms with Crippen LogP contribution in [-0.4, -0.2) is 63.5 Å². The van der Waals surface area contributed by atoms with E-state index in [2.05, 4.69) is 0 Å². The lowest BCUT2D eigenvalue weighted by Gasteiger charge is -2.36. The Morgan fingerprint density at radius 3 is 2.40 bits per heavy atom. The SMILES string of the molecule is NC(=O)C1CCN([C@H]2CS(=O)(=O)C[C@@H]2S(=O)(=O)c2ccc(Cl)s2)CC1. The highest BCUT2D eigenvalue weighted by molar-refractivity contribution is 7.97. The highest BCUT2D eigenvalue weighted by Crippen LogP contribution is 2.35. The molecule has 7 nitrogen and oxygen atoms in total. The molecule has 2 saturated heterocycles. The highest BCUT2D eigenvalue weighted by Gasteiger charge is 2.49. The molecule has 2 atom stereocenters. The first-order valence-electron chi connectivity index (χ1n) is 7.83. The Morgan fingerprint density at radius 1 is 1.24 bits per heavy atom. The average molecular weight is 427 g/mol. The molecule has 2 aliphatic heterocycles. The first-order valence-corrected chi connectivity index (χ1v) is 12.4. The summed E-state index contributed by atoms with van der Waals surface area (Å²) in [7, 11) is -7.24. The molecule has 2 aliphatic rings. The Kier molecular flexibility index (Phi) is 5.20. The van der Waals surface area contributed by atoms with Gasteiger partial charge in [-0.3, -0.25) is 9.69 Å². The van der Waals surface area contributed by atoms with Crippen LogP contribution in [0.15, 0.2) is 16.3 Å². The van der Waals surface area contributed by atoms with Gasteiger partial charge in [0, 0.05) is 12.0 Å². The first kappa shape index (κ1) is 19.1. The van der Waals surface area contributed by atoms with Crippen LogP contribution in [0, 0.1) is 5.92 Å². The van der Waals surface area contributed by atoms with Crippen molar-refractivity contribution in [3.8, 4) is 0 Å². The second kappa shape index (κ2) is 6.80. The van der Waals surface area contributed by atoms with Crippen LogP contribution in [0.1, 0.15) is 12.8 Å². The van der Waals surface area contributed by atoms with Gasteiger partial charge >= 0.3 is 0 Å². The molecule has 0 radical (unpaired) electrons. The summed E-state index contributed by atoms with van der Waals surface area (Å²) in [6.45, 7) is 0.927. The number of nitrogens with zero attached hydrogens (tertiary/aromatic N) is 1. The number of piperidine rings is 1. The maximum atomic E-state index is 12.9. The third kappa shape index (κ3) is 3.87. The summed E-state index contributed by atoms with van der Waals surface area (Å²) in [5, 5.41) is -1.02. The zero-order valence-electron chi connectivity index (χ0n) is 13.3. The zero-order valence-corrected chi connectivity index (χ0v) is 16.5. The van der Waals surface area contributed by atoms with Gasteiger partial charge in [0.1, 0.15) is 4.21 Å². The van der Waals surface area contributed by atoms with Gasteiger partial charge in [-0.25, -0.2) is 16.8 Å². The smallest absolute Gasteiger partial charge is 0.220 e. The number of hydrogen-bond donors (Lipinski definition) is 1. The highest BCUT2D eigenvalue weighted by atomic mass is 35.5. The normalized spacial score (nSPS) is 28.2. The molecule has 1 amide bonds. The van der Waals surface area contributed by atoms with E-state index in [-0.39, 0.29) is 27.5 Å². The van der Waals surface area contributed by atoms with Crippen LogP contribution < -0.4 is 5.73 Å². The fourth-order valence-electron chi connectivity index (χ4n) is 3.55. The Labute approximate surface area is 156 Å². The van der Waals surface area contributed by atoms with Crippen LogP contribution in [0.2, 0.25) is 4.34 Å². The molecule has 0 spiro atoms. The molecule has 25 heavy (non-hydrogen) atoms. The predicted molar refractivity (Wildman–Crippen MR) is 96.2 cm³/mol. The molecule has 2 fully saturated rings. The van der Waals surface area contributed by atoms with E-state index in [1.54, 1.807) is 0 Å². The van der Waals surface area contributed by atoms with Crippen LogP contribution in [-0.2, 0) is 24.5 Å². The minimum Gasteiger partial charge on any atom is -0.369 e. The molecule has 140 valence electrons. The molecule has 11 heteroatoms. The Balaban J connectivity index is 1.86. The number of likely N-dealkylation sites (tertiary alicyclic amines) is 1. The van der Waals surface area contributed by atoms with Gasteiger partial charge in [-0.1, -0.05) is 11.6 Å². The van der Waals surface area contributed by atoms with Crippen molar-refractivity contribution in [1.82, 2.24) is 4.90 Å². The largest absolute Gasteiger partial charge is 0.369 e. The number of rotatable bonds is 4. The van der Waals surface area contributed by atoms with Crippen molar-refractivity contribution in [3.05, 3.63) is 16.5 Å². The number of halogens is 1. The van der Waals surface area contributed by atoms with E-state index in [0.717, 1.165) is 11.3 Å². The summed E-state index contributed by atoms with van der Waals surface area (Å²) in [5.41, 5.74) is 5.32. The molecule has 0 bridgehead atoms. The number of nitrogens with two attached hydrogens (primary N) is 1. The summed E-state index contributed by atoms with van der Waals surface area (Å²) in [4.78, 5) is 13.2. The zero-order chi connectivity index (χ0) is 18.4. The number of thiophene rings is 1. The lowest BCUT2D eigenvalue weighted by molar-refractivity contribution is -0.123. The molecule has 3 heterocycles. The molecular formula is C14H19ClN2O5S3. The molecule has 2 N–H and O–H groups in total. The summed E-state index contributed by atoms with van der Waals surface area (Å²) in [6.07, 6.45) is 1.03. The van der Waals surface area contributed by atoms with Gasteiger partial charge < -0.3 is 5.73 Å². The lowest BCUT2D eigenvalue weighted by atomic mass is 9.95. The van der Waals surface area contributed by atoms with Crippen LogP contribution in [0.5, 0.6) is 0 Å². The summed E-state index contributed by atoms with van der Waals surface area (Å²) >= 11 is 6.78. The standard InChI is InChI=1S/C14H19ClN2O5S3/c15-12-1-2-13(23-12)25(21,22)11-8-24(19,20)7-10(11)17-5-3-9(4-6-17)14(16)18/h1-2,9-11H,3-8H2,(H2,16,18)/t10-,11-/m0/s1. The maximum absolute atomic E-state index is 12.9. The lowest BCUT2D eigenvalue weighted by Crippen LogP contribution is -2.50.